The predicted molar refractivity (Wildman–Crippen MR) is 84.6 cm³/mol. The number of para-hydroxylation sites is 2. The number of rotatable bonds is 5. The van der Waals surface area contributed by atoms with Crippen molar-refractivity contribution < 1.29 is 14.3 Å². The molecular weight excluding hydrogens is 282 g/mol. The van der Waals surface area contributed by atoms with E-state index in [1.54, 1.807) is 19.2 Å². The Kier molecular flexibility index (Phi) is 5.38. The summed E-state index contributed by atoms with van der Waals surface area (Å²) in [4.78, 5) is 25.8. The van der Waals surface area contributed by atoms with Gasteiger partial charge in [0.05, 0.1) is 24.8 Å². The van der Waals surface area contributed by atoms with Gasteiger partial charge in [0.25, 0.3) is 0 Å². The molecule has 0 unspecified atom stereocenters. The van der Waals surface area contributed by atoms with Crippen molar-refractivity contribution in [1.82, 2.24) is 4.90 Å². The minimum Gasteiger partial charge on any atom is -0.495 e. The monoisotopic (exact) mass is 305 g/mol. The predicted octanol–water partition coefficient (Wildman–Crippen LogP) is 1.22. The van der Waals surface area contributed by atoms with E-state index in [-0.39, 0.29) is 23.8 Å². The zero-order valence-corrected chi connectivity index (χ0v) is 13.0. The number of likely N-dealkylation sites (tertiary alicyclic amines) is 1. The number of primary amides is 1. The number of ether oxygens (including phenoxy) is 1. The lowest BCUT2D eigenvalue weighted by molar-refractivity contribution is -0.127. The summed E-state index contributed by atoms with van der Waals surface area (Å²) in [6, 6.07) is 6.95. The fourth-order valence-corrected chi connectivity index (χ4v) is 2.74. The van der Waals surface area contributed by atoms with E-state index in [0.717, 1.165) is 19.4 Å². The number of nitrogens with two attached hydrogens (primary N) is 1. The van der Waals surface area contributed by atoms with Crippen molar-refractivity contribution in [3.63, 3.8) is 0 Å². The molecular formula is C16H23N3O3. The Morgan fingerprint density at radius 1 is 1.41 bits per heavy atom. The number of amides is 2. The molecule has 1 aliphatic rings. The van der Waals surface area contributed by atoms with Gasteiger partial charge in [0.15, 0.2) is 0 Å². The summed E-state index contributed by atoms with van der Waals surface area (Å²) in [5, 5.41) is 2.88. The normalized spacial score (nSPS) is 20.2. The second-order valence-corrected chi connectivity index (χ2v) is 5.60. The van der Waals surface area contributed by atoms with E-state index < -0.39 is 0 Å². The van der Waals surface area contributed by atoms with Gasteiger partial charge in [-0.15, -0.1) is 0 Å². The molecule has 6 heteroatoms. The summed E-state index contributed by atoms with van der Waals surface area (Å²) in [6.07, 6.45) is 1.67. The zero-order valence-electron chi connectivity index (χ0n) is 13.0. The van der Waals surface area contributed by atoms with Crippen molar-refractivity contribution in [1.29, 1.82) is 0 Å². The molecule has 0 aromatic heterocycles. The molecule has 0 spiro atoms. The SMILES string of the molecule is COc1ccccc1NC(=O)[C@@H](C)N1CCC[C@H](C(N)=O)C1. The van der Waals surface area contributed by atoms with Gasteiger partial charge in [-0.3, -0.25) is 14.5 Å². The Morgan fingerprint density at radius 2 is 2.14 bits per heavy atom. The second kappa shape index (κ2) is 7.26. The summed E-state index contributed by atoms with van der Waals surface area (Å²) < 4.78 is 5.23. The maximum atomic E-state index is 12.4. The number of carbonyl (C=O) groups is 2. The first kappa shape index (κ1) is 16.3. The molecule has 0 aliphatic carbocycles. The van der Waals surface area contributed by atoms with Gasteiger partial charge in [-0.25, -0.2) is 0 Å². The molecule has 120 valence electrons. The van der Waals surface area contributed by atoms with E-state index in [0.29, 0.717) is 18.0 Å². The molecule has 1 fully saturated rings. The number of methoxy groups -OCH3 is 1. The first-order valence-corrected chi connectivity index (χ1v) is 7.50. The molecule has 22 heavy (non-hydrogen) atoms. The molecule has 0 saturated carbocycles. The molecule has 2 atom stereocenters. The summed E-state index contributed by atoms with van der Waals surface area (Å²) >= 11 is 0. The van der Waals surface area contributed by atoms with Crippen molar-refractivity contribution in [2.75, 3.05) is 25.5 Å². The number of nitrogens with one attached hydrogen (secondary N) is 1. The van der Waals surface area contributed by atoms with Gasteiger partial charge in [-0.05, 0) is 38.4 Å². The van der Waals surface area contributed by atoms with E-state index in [1.165, 1.54) is 0 Å². The Balaban J connectivity index is 2.01. The zero-order chi connectivity index (χ0) is 16.1. The van der Waals surface area contributed by atoms with Crippen molar-refractivity contribution in [3.05, 3.63) is 24.3 Å². The largest absolute Gasteiger partial charge is 0.495 e. The average molecular weight is 305 g/mol. The van der Waals surface area contributed by atoms with Gasteiger partial charge >= 0.3 is 0 Å². The third-order valence-corrected chi connectivity index (χ3v) is 4.15. The molecule has 0 radical (unpaired) electrons. The number of benzene rings is 1. The lowest BCUT2D eigenvalue weighted by atomic mass is 9.96. The van der Waals surface area contributed by atoms with Crippen LogP contribution in [0.5, 0.6) is 5.75 Å². The fourth-order valence-electron chi connectivity index (χ4n) is 2.74. The standard InChI is InChI=1S/C16H23N3O3/c1-11(19-9-5-6-12(10-19)15(17)20)16(21)18-13-7-3-4-8-14(13)22-2/h3-4,7-8,11-12H,5-6,9-10H2,1-2H3,(H2,17,20)(H,18,21)/t11-,12+/m1/s1. The Morgan fingerprint density at radius 3 is 2.82 bits per heavy atom. The minimum atomic E-state index is -0.327. The van der Waals surface area contributed by atoms with Crippen molar-refractivity contribution in [3.8, 4) is 5.75 Å². The molecule has 1 heterocycles. The number of nitrogens with zero attached hydrogens (tertiary/aromatic N) is 1. The van der Waals surface area contributed by atoms with Crippen molar-refractivity contribution in [2.24, 2.45) is 11.7 Å². The molecule has 0 bridgehead atoms. The molecule has 2 rings (SSSR count). The van der Waals surface area contributed by atoms with Gasteiger partial charge in [0.2, 0.25) is 11.8 Å². The van der Waals surface area contributed by atoms with Crippen LogP contribution in [0, 0.1) is 5.92 Å². The molecule has 1 aliphatic heterocycles. The van der Waals surface area contributed by atoms with E-state index in [1.807, 2.05) is 24.0 Å². The minimum absolute atomic E-state index is 0.116. The van der Waals surface area contributed by atoms with Crippen LogP contribution in [0.3, 0.4) is 0 Å². The highest BCUT2D eigenvalue weighted by molar-refractivity contribution is 5.95. The fraction of sp³-hybridized carbons (Fsp3) is 0.500. The summed E-state index contributed by atoms with van der Waals surface area (Å²) in [7, 11) is 1.57. The molecule has 1 saturated heterocycles. The van der Waals surface area contributed by atoms with Crippen LogP contribution in [0.25, 0.3) is 0 Å². The Hall–Kier alpha value is -2.08. The van der Waals surface area contributed by atoms with Gasteiger partial charge in [0, 0.05) is 6.54 Å². The van der Waals surface area contributed by atoms with Gasteiger partial charge in [-0.2, -0.15) is 0 Å². The van der Waals surface area contributed by atoms with E-state index >= 15 is 0 Å². The molecule has 2 amide bonds. The molecule has 3 N–H and O–H groups in total. The Labute approximate surface area is 130 Å². The van der Waals surface area contributed by atoms with Crippen LogP contribution in [0.2, 0.25) is 0 Å². The lowest BCUT2D eigenvalue weighted by Crippen LogP contribution is -2.49. The van der Waals surface area contributed by atoms with Crippen LogP contribution in [-0.4, -0.2) is 43.0 Å². The van der Waals surface area contributed by atoms with Gasteiger partial charge in [-0.1, -0.05) is 12.1 Å². The van der Waals surface area contributed by atoms with E-state index in [2.05, 4.69) is 5.32 Å². The van der Waals surface area contributed by atoms with E-state index in [4.69, 9.17) is 10.5 Å². The lowest BCUT2D eigenvalue weighted by Gasteiger charge is -2.34. The topological polar surface area (TPSA) is 84.7 Å². The van der Waals surface area contributed by atoms with E-state index in [9.17, 15) is 9.59 Å². The van der Waals surface area contributed by atoms with Crippen LogP contribution in [0.1, 0.15) is 19.8 Å². The van der Waals surface area contributed by atoms with Crippen LogP contribution >= 0.6 is 0 Å². The summed E-state index contributed by atoms with van der Waals surface area (Å²) in [5.41, 5.74) is 6.03. The summed E-state index contributed by atoms with van der Waals surface area (Å²) in [5.74, 6) is 0.0450. The molecule has 1 aromatic carbocycles. The van der Waals surface area contributed by atoms with Crippen molar-refractivity contribution >= 4 is 17.5 Å². The maximum Gasteiger partial charge on any atom is 0.241 e. The van der Waals surface area contributed by atoms with Gasteiger partial charge in [0.1, 0.15) is 5.75 Å². The smallest absolute Gasteiger partial charge is 0.241 e. The molecule has 6 nitrogen and oxygen atoms in total. The van der Waals surface area contributed by atoms with Crippen LogP contribution in [-0.2, 0) is 9.59 Å². The first-order chi connectivity index (χ1) is 10.5. The second-order valence-electron chi connectivity index (χ2n) is 5.60. The number of carbonyl (C=O) groups excluding carboxylic acids is 2. The number of hydrogen-bond donors (Lipinski definition) is 2. The maximum absolute atomic E-state index is 12.4. The highest BCUT2D eigenvalue weighted by Crippen LogP contribution is 2.24. The third kappa shape index (κ3) is 3.76. The van der Waals surface area contributed by atoms with Crippen LogP contribution in [0.4, 0.5) is 5.69 Å². The number of anilines is 1. The highest BCUT2D eigenvalue weighted by Gasteiger charge is 2.30. The Bertz CT molecular complexity index is 547. The van der Waals surface area contributed by atoms with Crippen molar-refractivity contribution in [2.45, 2.75) is 25.8 Å². The van der Waals surface area contributed by atoms with Crippen LogP contribution in [0.15, 0.2) is 24.3 Å². The highest BCUT2D eigenvalue weighted by atomic mass is 16.5. The van der Waals surface area contributed by atoms with Crippen LogP contribution < -0.4 is 15.8 Å². The average Bonchev–Trinajstić information content (AvgIpc) is 2.54. The third-order valence-electron chi connectivity index (χ3n) is 4.15. The van der Waals surface area contributed by atoms with Gasteiger partial charge < -0.3 is 15.8 Å². The number of piperidine rings is 1. The quantitative estimate of drug-likeness (QED) is 0.856. The summed E-state index contributed by atoms with van der Waals surface area (Å²) in [6.45, 7) is 3.17. The molecule has 1 aromatic rings. The first-order valence-electron chi connectivity index (χ1n) is 7.50. The number of hydrogen-bond acceptors (Lipinski definition) is 4.